The van der Waals surface area contributed by atoms with Crippen molar-refractivity contribution < 1.29 is 33.7 Å². The van der Waals surface area contributed by atoms with Crippen molar-refractivity contribution in [2.75, 3.05) is 19.8 Å². The number of carbonyl (C=O) groups is 2. The largest absolute Gasteiger partial charge is 0.492 e. The molecule has 2 aromatic carbocycles. The van der Waals surface area contributed by atoms with Crippen LogP contribution >= 0.6 is 0 Å². The number of halogens is 1. The SMILES string of the molecule is Cc1c(Cc2ccc(C(=O)O)c(F)c2)cc(C(=O)N[C@H]2CCOC[C@@H]2O)c2c1CCO2. The fraction of sp³-hybridized carbons (Fsp3) is 0.391. The number of aliphatic hydroxyl groups excluding tert-OH is 1. The molecule has 2 aromatic rings. The van der Waals surface area contributed by atoms with Gasteiger partial charge in [-0.05, 0) is 54.7 Å². The summed E-state index contributed by atoms with van der Waals surface area (Å²) in [6, 6.07) is 5.38. The van der Waals surface area contributed by atoms with Crippen molar-refractivity contribution in [3.63, 3.8) is 0 Å². The number of nitrogens with one attached hydrogen (secondary N) is 1. The molecule has 164 valence electrons. The van der Waals surface area contributed by atoms with Crippen molar-refractivity contribution >= 4 is 11.9 Å². The summed E-state index contributed by atoms with van der Waals surface area (Å²) in [6.45, 7) is 3.06. The topological polar surface area (TPSA) is 105 Å². The lowest BCUT2D eigenvalue weighted by atomic mass is 9.92. The van der Waals surface area contributed by atoms with Crippen LogP contribution in [-0.2, 0) is 17.6 Å². The summed E-state index contributed by atoms with van der Waals surface area (Å²) in [5.74, 6) is -1.90. The molecule has 2 heterocycles. The number of ether oxygens (including phenoxy) is 2. The minimum absolute atomic E-state index is 0.177. The Bertz CT molecular complexity index is 1040. The van der Waals surface area contributed by atoms with Crippen molar-refractivity contribution in [2.24, 2.45) is 0 Å². The molecule has 1 saturated heterocycles. The van der Waals surface area contributed by atoms with Crippen LogP contribution in [0.4, 0.5) is 4.39 Å². The molecule has 0 aliphatic carbocycles. The molecule has 1 fully saturated rings. The van der Waals surface area contributed by atoms with Crippen LogP contribution in [0.5, 0.6) is 5.75 Å². The number of hydrogen-bond acceptors (Lipinski definition) is 5. The van der Waals surface area contributed by atoms with E-state index in [-0.39, 0.29) is 18.1 Å². The van der Waals surface area contributed by atoms with E-state index in [9.17, 15) is 19.1 Å². The smallest absolute Gasteiger partial charge is 0.338 e. The Morgan fingerprint density at radius 2 is 2.03 bits per heavy atom. The van der Waals surface area contributed by atoms with Gasteiger partial charge in [-0.15, -0.1) is 0 Å². The zero-order valence-corrected chi connectivity index (χ0v) is 17.1. The van der Waals surface area contributed by atoms with Gasteiger partial charge in [0.25, 0.3) is 5.91 Å². The fourth-order valence-electron chi connectivity index (χ4n) is 4.15. The summed E-state index contributed by atoms with van der Waals surface area (Å²) < 4.78 is 25.1. The van der Waals surface area contributed by atoms with Gasteiger partial charge in [0.1, 0.15) is 11.6 Å². The summed E-state index contributed by atoms with van der Waals surface area (Å²) in [5.41, 5.74) is 3.36. The molecular formula is C23H24FNO6. The van der Waals surface area contributed by atoms with E-state index in [2.05, 4.69) is 5.32 Å². The zero-order valence-electron chi connectivity index (χ0n) is 17.1. The van der Waals surface area contributed by atoms with E-state index in [1.807, 2.05) is 6.92 Å². The first-order valence-electron chi connectivity index (χ1n) is 10.2. The molecule has 0 aromatic heterocycles. The number of carboxylic acids is 1. The first kappa shape index (κ1) is 21.3. The minimum Gasteiger partial charge on any atom is -0.492 e. The standard InChI is InChI=1S/C23H24FNO6/c1-12-14(8-13-2-3-16(23(28)29)18(24)9-13)10-17(21-15(12)4-7-31-21)22(27)25-19-5-6-30-11-20(19)26/h2-3,9-10,19-20,26H,4-8,11H2,1H3,(H,25,27)(H,28,29)/t19-,20-/m0/s1. The Morgan fingerprint density at radius 1 is 1.23 bits per heavy atom. The number of aliphatic hydroxyl groups is 1. The van der Waals surface area contributed by atoms with E-state index in [0.717, 1.165) is 16.7 Å². The lowest BCUT2D eigenvalue weighted by molar-refractivity contribution is -0.0261. The number of carbonyl (C=O) groups excluding carboxylic acids is 1. The summed E-state index contributed by atoms with van der Waals surface area (Å²) >= 11 is 0. The second-order valence-electron chi connectivity index (χ2n) is 7.92. The van der Waals surface area contributed by atoms with Crippen molar-refractivity contribution in [3.8, 4) is 5.75 Å². The highest BCUT2D eigenvalue weighted by Gasteiger charge is 2.29. The monoisotopic (exact) mass is 429 g/mol. The number of aromatic carboxylic acids is 1. The van der Waals surface area contributed by atoms with Gasteiger partial charge in [0.05, 0.1) is 36.5 Å². The molecule has 2 atom stereocenters. The van der Waals surface area contributed by atoms with Crippen LogP contribution < -0.4 is 10.1 Å². The Hall–Kier alpha value is -2.97. The molecule has 0 spiro atoms. The van der Waals surface area contributed by atoms with Crippen LogP contribution in [0, 0.1) is 12.7 Å². The third-order valence-electron chi connectivity index (χ3n) is 5.92. The highest BCUT2D eigenvalue weighted by atomic mass is 19.1. The molecule has 4 rings (SSSR count). The predicted octanol–water partition coefficient (Wildman–Crippen LogP) is 2.24. The van der Waals surface area contributed by atoms with Crippen LogP contribution in [0.1, 0.15) is 49.4 Å². The van der Waals surface area contributed by atoms with Crippen molar-refractivity contribution in [2.45, 2.75) is 38.3 Å². The highest BCUT2D eigenvalue weighted by molar-refractivity contribution is 5.98. The second-order valence-corrected chi connectivity index (χ2v) is 7.92. The summed E-state index contributed by atoms with van der Waals surface area (Å²) in [4.78, 5) is 24.1. The maximum Gasteiger partial charge on any atom is 0.338 e. The molecule has 2 aliphatic heterocycles. The molecule has 0 bridgehead atoms. The number of benzene rings is 2. The van der Waals surface area contributed by atoms with Crippen molar-refractivity contribution in [1.82, 2.24) is 5.32 Å². The summed E-state index contributed by atoms with van der Waals surface area (Å²) in [5, 5.41) is 22.0. The predicted molar refractivity (Wildman–Crippen MR) is 109 cm³/mol. The van der Waals surface area contributed by atoms with Crippen LogP contribution in [0.3, 0.4) is 0 Å². The average Bonchev–Trinajstić information content (AvgIpc) is 3.22. The van der Waals surface area contributed by atoms with Crippen molar-refractivity contribution in [3.05, 3.63) is 63.5 Å². The first-order valence-corrected chi connectivity index (χ1v) is 10.2. The molecule has 2 aliphatic rings. The van der Waals surface area contributed by atoms with E-state index >= 15 is 0 Å². The molecule has 7 nitrogen and oxygen atoms in total. The number of rotatable bonds is 5. The lowest BCUT2D eigenvalue weighted by Crippen LogP contribution is -2.48. The Balaban J connectivity index is 1.64. The van der Waals surface area contributed by atoms with Gasteiger partial charge in [0.2, 0.25) is 0 Å². The molecule has 8 heteroatoms. The number of carboxylic acid groups (broad SMARTS) is 1. The molecule has 0 unspecified atom stereocenters. The Morgan fingerprint density at radius 3 is 2.74 bits per heavy atom. The van der Waals surface area contributed by atoms with E-state index in [4.69, 9.17) is 14.6 Å². The van der Waals surface area contributed by atoms with Crippen LogP contribution in [0.15, 0.2) is 24.3 Å². The van der Waals surface area contributed by atoms with Crippen LogP contribution in [0.2, 0.25) is 0 Å². The highest BCUT2D eigenvalue weighted by Crippen LogP contribution is 2.35. The van der Waals surface area contributed by atoms with Gasteiger partial charge >= 0.3 is 5.97 Å². The van der Waals surface area contributed by atoms with Crippen LogP contribution in [0.25, 0.3) is 0 Å². The minimum atomic E-state index is -1.32. The Kier molecular flexibility index (Phi) is 5.93. The lowest BCUT2D eigenvalue weighted by Gasteiger charge is -2.28. The molecule has 0 saturated carbocycles. The number of hydrogen-bond donors (Lipinski definition) is 3. The molecule has 31 heavy (non-hydrogen) atoms. The summed E-state index contributed by atoms with van der Waals surface area (Å²) in [6.07, 6.45) is 0.758. The Labute approximate surface area is 178 Å². The quantitative estimate of drug-likeness (QED) is 0.673. The molecular weight excluding hydrogens is 405 g/mol. The van der Waals surface area contributed by atoms with E-state index in [1.54, 1.807) is 12.1 Å². The number of amides is 1. The summed E-state index contributed by atoms with van der Waals surface area (Å²) in [7, 11) is 0. The van der Waals surface area contributed by atoms with Crippen LogP contribution in [-0.4, -0.2) is 54.1 Å². The number of fused-ring (bicyclic) bond motifs is 1. The molecule has 0 radical (unpaired) electrons. The van der Waals surface area contributed by atoms with Gasteiger partial charge in [0.15, 0.2) is 0 Å². The van der Waals surface area contributed by atoms with Gasteiger partial charge in [-0.25, -0.2) is 9.18 Å². The molecule has 3 N–H and O–H groups in total. The average molecular weight is 429 g/mol. The maximum atomic E-state index is 14.1. The zero-order chi connectivity index (χ0) is 22.1. The van der Waals surface area contributed by atoms with E-state index < -0.39 is 23.9 Å². The van der Waals surface area contributed by atoms with E-state index in [0.29, 0.717) is 49.4 Å². The third kappa shape index (κ3) is 4.26. The van der Waals surface area contributed by atoms with Gasteiger partial charge in [-0.2, -0.15) is 0 Å². The van der Waals surface area contributed by atoms with Gasteiger partial charge in [-0.1, -0.05) is 6.07 Å². The van der Waals surface area contributed by atoms with Crippen molar-refractivity contribution in [1.29, 1.82) is 0 Å². The van der Waals surface area contributed by atoms with Gasteiger partial charge in [-0.3, -0.25) is 4.79 Å². The fourth-order valence-corrected chi connectivity index (χ4v) is 4.15. The van der Waals surface area contributed by atoms with Gasteiger partial charge < -0.3 is 25.0 Å². The third-order valence-corrected chi connectivity index (χ3v) is 5.92. The first-order chi connectivity index (χ1) is 14.8. The van der Waals surface area contributed by atoms with E-state index in [1.165, 1.54) is 12.1 Å². The normalized spacial score (nSPS) is 20.1. The maximum absolute atomic E-state index is 14.1. The second kappa shape index (κ2) is 8.64. The molecule has 1 amide bonds. The van der Waals surface area contributed by atoms with Gasteiger partial charge in [0, 0.05) is 18.6 Å².